The van der Waals surface area contributed by atoms with E-state index in [1.165, 1.54) is 39.9 Å². The lowest BCUT2D eigenvalue weighted by Gasteiger charge is -2.27. The summed E-state index contributed by atoms with van der Waals surface area (Å²) in [4.78, 5) is 2.15. The number of ether oxygens (including phenoxy) is 1. The molecule has 0 unspecified atom stereocenters. The number of rotatable bonds is 12. The van der Waals surface area contributed by atoms with Crippen LogP contribution in [0.3, 0.4) is 0 Å². The van der Waals surface area contributed by atoms with Crippen LogP contribution in [0, 0.1) is 6.92 Å². The molecular weight excluding hydrogens is 497 g/mol. The van der Waals surface area contributed by atoms with Gasteiger partial charge < -0.3 is 9.64 Å². The smallest absolute Gasteiger partial charge is 0.406 e. The standard InChI is InChI=1S/C25H31F3N2O3S2/c1-4-14-29(15-5-2)16-17-35(31,32)30(24-19(3)22-8-6-7-9-23(22)34-24)18-20-10-12-21(13-11-20)33-25(26,27)28/h6-13H,4-5,14-18H2,1-3H3. The van der Waals surface area contributed by atoms with Gasteiger partial charge in [-0.25, -0.2) is 8.42 Å². The summed E-state index contributed by atoms with van der Waals surface area (Å²) in [6.45, 7) is 8.12. The summed E-state index contributed by atoms with van der Waals surface area (Å²) in [5, 5.41) is 1.61. The summed E-state index contributed by atoms with van der Waals surface area (Å²) >= 11 is 1.40. The third kappa shape index (κ3) is 7.35. The molecule has 0 spiro atoms. The molecule has 0 saturated heterocycles. The Labute approximate surface area is 209 Å². The molecule has 0 saturated carbocycles. The number of fused-ring (bicyclic) bond motifs is 1. The number of nitrogens with zero attached hydrogens (tertiary/aromatic N) is 2. The van der Waals surface area contributed by atoms with Crippen LogP contribution in [0.15, 0.2) is 48.5 Å². The van der Waals surface area contributed by atoms with Gasteiger partial charge in [-0.05, 0) is 67.6 Å². The van der Waals surface area contributed by atoms with Crippen molar-refractivity contribution in [2.45, 2.75) is 46.5 Å². The third-order valence-corrected chi connectivity index (χ3v) is 8.70. The SMILES string of the molecule is CCCN(CCC)CCS(=O)(=O)N(Cc1ccc(OC(F)(F)F)cc1)c1sc2ccccc2c1C. The highest BCUT2D eigenvalue weighted by atomic mass is 32.2. The van der Waals surface area contributed by atoms with Gasteiger partial charge in [0.1, 0.15) is 10.8 Å². The number of anilines is 1. The average Bonchev–Trinajstić information content (AvgIpc) is 3.12. The molecule has 1 heterocycles. The van der Waals surface area contributed by atoms with E-state index in [0.717, 1.165) is 41.6 Å². The van der Waals surface area contributed by atoms with Gasteiger partial charge >= 0.3 is 6.36 Å². The minimum atomic E-state index is -4.78. The molecule has 3 rings (SSSR count). The van der Waals surface area contributed by atoms with Crippen molar-refractivity contribution in [2.24, 2.45) is 0 Å². The predicted octanol–water partition coefficient (Wildman–Crippen LogP) is 6.57. The van der Waals surface area contributed by atoms with Crippen LogP contribution >= 0.6 is 11.3 Å². The van der Waals surface area contributed by atoms with Crippen molar-refractivity contribution >= 4 is 36.4 Å². The number of hydrogen-bond donors (Lipinski definition) is 0. The van der Waals surface area contributed by atoms with Crippen LogP contribution in [-0.4, -0.2) is 45.1 Å². The van der Waals surface area contributed by atoms with Crippen LogP contribution in [0.4, 0.5) is 18.2 Å². The molecule has 0 atom stereocenters. The lowest BCUT2D eigenvalue weighted by Crippen LogP contribution is -2.38. The highest BCUT2D eigenvalue weighted by Crippen LogP contribution is 2.39. The van der Waals surface area contributed by atoms with E-state index in [2.05, 4.69) is 23.5 Å². The summed E-state index contributed by atoms with van der Waals surface area (Å²) in [5.41, 5.74) is 1.43. The van der Waals surface area contributed by atoms with Crippen molar-refractivity contribution in [2.75, 3.05) is 29.7 Å². The van der Waals surface area contributed by atoms with Crippen molar-refractivity contribution in [1.29, 1.82) is 0 Å². The van der Waals surface area contributed by atoms with E-state index in [4.69, 9.17) is 0 Å². The zero-order chi connectivity index (χ0) is 25.6. The van der Waals surface area contributed by atoms with Crippen molar-refractivity contribution in [3.8, 4) is 5.75 Å². The van der Waals surface area contributed by atoms with Crippen LogP contribution in [0.25, 0.3) is 10.1 Å². The number of alkyl halides is 3. The van der Waals surface area contributed by atoms with E-state index in [-0.39, 0.29) is 18.0 Å². The second kappa shape index (κ2) is 11.6. The van der Waals surface area contributed by atoms with Crippen LogP contribution in [0.5, 0.6) is 5.75 Å². The normalized spacial score (nSPS) is 12.4. The number of hydrogen-bond acceptors (Lipinski definition) is 5. The topological polar surface area (TPSA) is 49.9 Å². The summed E-state index contributed by atoms with van der Waals surface area (Å²) in [6.07, 6.45) is -2.91. The Bertz CT molecular complexity index is 1200. The second-order valence-electron chi connectivity index (χ2n) is 8.38. The molecule has 0 aliphatic heterocycles. The van der Waals surface area contributed by atoms with Gasteiger partial charge in [0, 0.05) is 11.2 Å². The summed E-state index contributed by atoms with van der Waals surface area (Å²) < 4.78 is 71.2. The van der Waals surface area contributed by atoms with E-state index in [1.807, 2.05) is 31.2 Å². The molecule has 0 fully saturated rings. The summed E-state index contributed by atoms with van der Waals surface area (Å²) in [7, 11) is -3.72. The maximum absolute atomic E-state index is 13.7. The molecule has 10 heteroatoms. The fraction of sp³-hybridized carbons (Fsp3) is 0.440. The van der Waals surface area contributed by atoms with E-state index in [9.17, 15) is 21.6 Å². The van der Waals surface area contributed by atoms with Crippen LogP contribution in [-0.2, 0) is 16.6 Å². The number of halogens is 3. The fourth-order valence-corrected chi connectivity index (χ4v) is 6.99. The van der Waals surface area contributed by atoms with Crippen LogP contribution in [0.1, 0.15) is 37.8 Å². The first-order valence-corrected chi connectivity index (χ1v) is 14.0. The molecule has 5 nitrogen and oxygen atoms in total. The van der Waals surface area contributed by atoms with Crippen molar-refractivity contribution in [3.05, 3.63) is 59.7 Å². The molecule has 35 heavy (non-hydrogen) atoms. The van der Waals surface area contributed by atoms with Gasteiger partial charge in [0.05, 0.1) is 12.3 Å². The zero-order valence-electron chi connectivity index (χ0n) is 20.1. The monoisotopic (exact) mass is 528 g/mol. The quantitative estimate of drug-likeness (QED) is 0.267. The van der Waals surface area contributed by atoms with Crippen molar-refractivity contribution in [1.82, 2.24) is 4.90 Å². The Kier molecular flexibility index (Phi) is 9.06. The molecule has 0 amide bonds. The Morgan fingerprint density at radius 1 is 0.943 bits per heavy atom. The zero-order valence-corrected chi connectivity index (χ0v) is 21.8. The first-order chi connectivity index (χ1) is 16.5. The lowest BCUT2D eigenvalue weighted by molar-refractivity contribution is -0.274. The first kappa shape index (κ1) is 27.3. The Morgan fingerprint density at radius 2 is 1.57 bits per heavy atom. The molecule has 1 aromatic heterocycles. The number of benzene rings is 2. The third-order valence-electron chi connectivity index (χ3n) is 5.61. The van der Waals surface area contributed by atoms with Gasteiger partial charge in [-0.1, -0.05) is 44.2 Å². The Morgan fingerprint density at radius 3 is 2.14 bits per heavy atom. The van der Waals surface area contributed by atoms with Gasteiger partial charge in [-0.15, -0.1) is 24.5 Å². The van der Waals surface area contributed by atoms with E-state index in [1.54, 1.807) is 0 Å². The van der Waals surface area contributed by atoms with Crippen LogP contribution in [0.2, 0.25) is 0 Å². The van der Waals surface area contributed by atoms with Gasteiger partial charge in [0.25, 0.3) is 0 Å². The van der Waals surface area contributed by atoms with E-state index >= 15 is 0 Å². The molecule has 0 radical (unpaired) electrons. The average molecular weight is 529 g/mol. The summed E-state index contributed by atoms with van der Waals surface area (Å²) in [5.74, 6) is -0.390. The second-order valence-corrected chi connectivity index (χ2v) is 11.4. The number of sulfonamides is 1. The molecule has 3 aromatic rings. The van der Waals surface area contributed by atoms with E-state index < -0.39 is 16.4 Å². The highest BCUT2D eigenvalue weighted by molar-refractivity contribution is 7.93. The van der Waals surface area contributed by atoms with Gasteiger partial charge in [-0.2, -0.15) is 0 Å². The molecule has 0 aliphatic carbocycles. The predicted molar refractivity (Wildman–Crippen MR) is 137 cm³/mol. The van der Waals surface area contributed by atoms with Gasteiger partial charge in [0.15, 0.2) is 0 Å². The Balaban J connectivity index is 1.93. The molecular formula is C25H31F3N2O3S2. The largest absolute Gasteiger partial charge is 0.573 e. The first-order valence-electron chi connectivity index (χ1n) is 11.6. The minimum Gasteiger partial charge on any atom is -0.406 e. The van der Waals surface area contributed by atoms with E-state index in [0.29, 0.717) is 17.1 Å². The fourth-order valence-electron chi connectivity index (χ4n) is 3.98. The Hall–Kier alpha value is -2.30. The van der Waals surface area contributed by atoms with Crippen LogP contribution < -0.4 is 9.04 Å². The number of aryl methyl sites for hydroxylation is 1. The van der Waals surface area contributed by atoms with Gasteiger partial charge in [-0.3, -0.25) is 4.31 Å². The summed E-state index contributed by atoms with van der Waals surface area (Å²) in [6, 6.07) is 13.1. The number of thiophene rings is 1. The maximum atomic E-state index is 13.7. The molecule has 0 bridgehead atoms. The van der Waals surface area contributed by atoms with Crippen molar-refractivity contribution < 1.29 is 26.3 Å². The molecule has 2 aromatic carbocycles. The van der Waals surface area contributed by atoms with Gasteiger partial charge in [0.2, 0.25) is 10.0 Å². The molecule has 192 valence electrons. The molecule has 0 aliphatic rings. The lowest BCUT2D eigenvalue weighted by atomic mass is 10.2. The highest BCUT2D eigenvalue weighted by Gasteiger charge is 2.31. The van der Waals surface area contributed by atoms with Crippen molar-refractivity contribution in [3.63, 3.8) is 0 Å². The maximum Gasteiger partial charge on any atom is 0.573 e. The minimum absolute atomic E-state index is 0.0177. The molecule has 0 N–H and O–H groups in total.